The van der Waals surface area contributed by atoms with Crippen LogP contribution in [0.1, 0.15) is 20.3 Å². The molecule has 0 aliphatic carbocycles. The number of aliphatic hydroxyl groups excluding tert-OH is 1. The molecule has 25 heavy (non-hydrogen) atoms. The molecule has 3 atom stereocenters. The number of phosphoric ester groups is 1. The SMILES string of the molecule is CC(C)(COP(=O)(O)O[P+](=O)O)[C@@H](O)C(=O)NCCC(=O)NCCS. The quantitative estimate of drug-likeness (QED) is 0.183. The highest BCUT2D eigenvalue weighted by molar-refractivity contribution is 7.80. The van der Waals surface area contributed by atoms with Crippen molar-refractivity contribution in [3.05, 3.63) is 0 Å². The fraction of sp³-hybridized carbons (Fsp3) is 0.818. The van der Waals surface area contributed by atoms with Crippen molar-refractivity contribution in [1.82, 2.24) is 10.6 Å². The number of carbonyl (C=O) groups excluding carboxylic acids is 2. The second-order valence-corrected chi connectivity index (χ2v) is 8.34. The summed E-state index contributed by atoms with van der Waals surface area (Å²) in [6.07, 6.45) is -1.62. The molecule has 2 unspecified atom stereocenters. The lowest BCUT2D eigenvalue weighted by Crippen LogP contribution is -2.46. The highest BCUT2D eigenvalue weighted by atomic mass is 32.1. The number of thiol groups is 1. The molecule has 0 aliphatic rings. The molecule has 146 valence electrons. The van der Waals surface area contributed by atoms with E-state index in [1.807, 2.05) is 0 Å². The molecule has 0 aromatic heterocycles. The van der Waals surface area contributed by atoms with Crippen LogP contribution in [0.5, 0.6) is 0 Å². The molecule has 0 fully saturated rings. The van der Waals surface area contributed by atoms with Gasteiger partial charge in [-0.2, -0.15) is 12.6 Å². The summed E-state index contributed by atoms with van der Waals surface area (Å²) in [4.78, 5) is 40.8. The van der Waals surface area contributed by atoms with Crippen LogP contribution in [0.25, 0.3) is 0 Å². The van der Waals surface area contributed by atoms with E-state index < -0.39 is 40.1 Å². The van der Waals surface area contributed by atoms with Crippen LogP contribution in [0, 0.1) is 5.41 Å². The molecular weight excluding hydrogens is 398 g/mol. The minimum absolute atomic E-state index is 0.00635. The maximum Gasteiger partial charge on any atom is 0.705 e. The van der Waals surface area contributed by atoms with Crippen molar-refractivity contribution in [3.63, 3.8) is 0 Å². The average Bonchev–Trinajstić information content (AvgIpc) is 2.49. The third kappa shape index (κ3) is 10.9. The second kappa shape index (κ2) is 11.2. The van der Waals surface area contributed by atoms with Gasteiger partial charge in [-0.25, -0.2) is 4.57 Å². The van der Waals surface area contributed by atoms with Crippen molar-refractivity contribution in [2.75, 3.05) is 25.4 Å². The number of amides is 2. The zero-order valence-corrected chi connectivity index (χ0v) is 16.4. The van der Waals surface area contributed by atoms with E-state index in [4.69, 9.17) is 4.89 Å². The maximum absolute atomic E-state index is 11.9. The summed E-state index contributed by atoms with van der Waals surface area (Å²) in [5.41, 5.74) is -1.32. The molecule has 0 bridgehead atoms. The zero-order valence-electron chi connectivity index (χ0n) is 13.7. The fourth-order valence-corrected chi connectivity index (χ4v) is 2.98. The van der Waals surface area contributed by atoms with Gasteiger partial charge < -0.3 is 15.7 Å². The Hall–Kier alpha value is -0.580. The first-order valence-corrected chi connectivity index (χ1v) is 10.3. The third-order valence-corrected chi connectivity index (χ3v) is 4.91. The zero-order chi connectivity index (χ0) is 19.7. The van der Waals surface area contributed by atoms with Crippen molar-refractivity contribution in [1.29, 1.82) is 0 Å². The maximum atomic E-state index is 11.9. The van der Waals surface area contributed by atoms with Gasteiger partial charge in [-0.05, 0) is 4.31 Å². The first-order valence-electron chi connectivity index (χ1n) is 7.08. The lowest BCUT2D eigenvalue weighted by molar-refractivity contribution is -0.137. The molecule has 0 saturated carbocycles. The van der Waals surface area contributed by atoms with Gasteiger partial charge in [-0.3, -0.25) is 19.0 Å². The number of aliphatic hydroxyl groups is 1. The summed E-state index contributed by atoms with van der Waals surface area (Å²) in [5, 5.41) is 14.9. The van der Waals surface area contributed by atoms with Gasteiger partial charge in [0.05, 0.1) is 6.61 Å². The van der Waals surface area contributed by atoms with Crippen LogP contribution in [-0.4, -0.2) is 58.3 Å². The summed E-state index contributed by atoms with van der Waals surface area (Å²) in [6.45, 7) is 2.51. The summed E-state index contributed by atoms with van der Waals surface area (Å²) < 4.78 is 30.0. The van der Waals surface area contributed by atoms with Gasteiger partial charge in [0.25, 0.3) is 0 Å². The Morgan fingerprint density at radius 2 is 1.92 bits per heavy atom. The van der Waals surface area contributed by atoms with Gasteiger partial charge in [0.1, 0.15) is 6.10 Å². The van der Waals surface area contributed by atoms with Gasteiger partial charge in [-0.15, -0.1) is 4.89 Å². The van der Waals surface area contributed by atoms with Gasteiger partial charge in [-0.1, -0.05) is 13.8 Å². The van der Waals surface area contributed by atoms with Crippen LogP contribution in [-0.2, 0) is 27.6 Å². The first-order chi connectivity index (χ1) is 11.4. The molecule has 5 N–H and O–H groups in total. The molecular formula is C11H23N2O9P2S+. The normalized spacial score (nSPS) is 15.8. The van der Waals surface area contributed by atoms with E-state index in [0.29, 0.717) is 12.3 Å². The largest absolute Gasteiger partial charge is 0.705 e. The highest BCUT2D eigenvalue weighted by Crippen LogP contribution is 2.51. The molecule has 0 rings (SSSR count). The molecule has 0 aromatic rings. The molecule has 0 spiro atoms. The van der Waals surface area contributed by atoms with E-state index >= 15 is 0 Å². The van der Waals surface area contributed by atoms with E-state index in [0.717, 1.165) is 0 Å². The molecule has 0 aliphatic heterocycles. The van der Waals surface area contributed by atoms with Crippen molar-refractivity contribution in [2.24, 2.45) is 5.41 Å². The summed E-state index contributed by atoms with van der Waals surface area (Å²) in [7, 11) is -8.15. The van der Waals surface area contributed by atoms with E-state index in [1.54, 1.807) is 0 Å². The van der Waals surface area contributed by atoms with E-state index in [-0.39, 0.29) is 18.9 Å². The molecule has 0 saturated heterocycles. The third-order valence-electron chi connectivity index (χ3n) is 2.85. The number of hydrogen-bond donors (Lipinski definition) is 6. The van der Waals surface area contributed by atoms with E-state index in [1.165, 1.54) is 13.8 Å². The summed E-state index contributed by atoms with van der Waals surface area (Å²) in [5.74, 6) is -0.617. The Morgan fingerprint density at radius 1 is 1.32 bits per heavy atom. The van der Waals surface area contributed by atoms with E-state index in [2.05, 4.69) is 32.1 Å². The summed E-state index contributed by atoms with van der Waals surface area (Å²) >= 11 is 3.93. The topological polar surface area (TPSA) is 171 Å². The molecule has 0 aromatic carbocycles. The number of hydrogen-bond acceptors (Lipinski definition) is 8. The van der Waals surface area contributed by atoms with Gasteiger partial charge >= 0.3 is 16.1 Å². The lowest BCUT2D eigenvalue weighted by atomic mass is 9.87. The van der Waals surface area contributed by atoms with Crippen LogP contribution in [0.2, 0.25) is 0 Å². The van der Waals surface area contributed by atoms with Crippen molar-refractivity contribution < 1.29 is 42.4 Å². The summed E-state index contributed by atoms with van der Waals surface area (Å²) in [6, 6.07) is 0. The minimum atomic E-state index is -4.80. The molecule has 14 heteroatoms. The van der Waals surface area contributed by atoms with Gasteiger partial charge in [0.2, 0.25) is 11.8 Å². The predicted molar refractivity (Wildman–Crippen MR) is 91.0 cm³/mol. The van der Waals surface area contributed by atoms with Gasteiger partial charge in [0.15, 0.2) is 0 Å². The molecule has 0 heterocycles. The molecule has 2 amide bonds. The number of nitrogens with one attached hydrogen (secondary N) is 2. The Morgan fingerprint density at radius 3 is 2.44 bits per heavy atom. The Balaban J connectivity index is 4.41. The predicted octanol–water partition coefficient (Wildman–Crippen LogP) is -0.291. The van der Waals surface area contributed by atoms with Crippen LogP contribution in [0.4, 0.5) is 0 Å². The molecule has 11 nitrogen and oxygen atoms in total. The smallest absolute Gasteiger partial charge is 0.383 e. The van der Waals surface area contributed by atoms with Gasteiger partial charge in [0, 0.05) is 35.2 Å². The van der Waals surface area contributed by atoms with Crippen LogP contribution in [0.15, 0.2) is 0 Å². The Bertz CT molecular complexity index is 532. The van der Waals surface area contributed by atoms with Crippen LogP contribution in [0.3, 0.4) is 0 Å². The average molecular weight is 421 g/mol. The van der Waals surface area contributed by atoms with E-state index in [9.17, 15) is 28.7 Å². The fourth-order valence-electron chi connectivity index (χ4n) is 1.47. The molecule has 0 radical (unpaired) electrons. The van der Waals surface area contributed by atoms with Crippen LogP contribution >= 0.6 is 28.7 Å². The lowest BCUT2D eigenvalue weighted by Gasteiger charge is -2.29. The standard InChI is InChI=1S/C11H22N2O9P2S/c1-11(2,7-21-24(19,20)22-23(17)18)9(15)10(16)13-4-3-8(14)12-5-6-25/h9,15H,3-7H2,1-2H3,(H4-,12,13,14,16,17,18,19,20,25)/p+1/t9-/m0/s1. The number of carbonyl (C=O) groups is 2. The van der Waals surface area contributed by atoms with Crippen molar-refractivity contribution in [3.8, 4) is 0 Å². The van der Waals surface area contributed by atoms with Crippen molar-refractivity contribution in [2.45, 2.75) is 26.4 Å². The minimum Gasteiger partial charge on any atom is -0.383 e. The number of rotatable bonds is 12. The first kappa shape index (κ1) is 24.4. The Kier molecular flexibility index (Phi) is 10.9. The second-order valence-electron chi connectivity index (χ2n) is 5.57. The monoisotopic (exact) mass is 421 g/mol. The van der Waals surface area contributed by atoms with Crippen LogP contribution < -0.4 is 10.6 Å². The number of phosphoric acid groups is 1. The highest BCUT2D eigenvalue weighted by Gasteiger charge is 2.40. The Labute approximate surface area is 151 Å². The van der Waals surface area contributed by atoms with Crippen molar-refractivity contribution >= 4 is 40.5 Å².